The van der Waals surface area contributed by atoms with Crippen LogP contribution in [0.1, 0.15) is 34.1 Å². The first-order valence-corrected chi connectivity index (χ1v) is 6.10. The molecular formula is C12H26N2O. The van der Waals surface area contributed by atoms with Gasteiger partial charge in [0.05, 0.1) is 12.7 Å². The summed E-state index contributed by atoms with van der Waals surface area (Å²) >= 11 is 0. The first-order chi connectivity index (χ1) is 7.01. The summed E-state index contributed by atoms with van der Waals surface area (Å²) in [5, 5.41) is 3.50. The van der Waals surface area contributed by atoms with Gasteiger partial charge in [-0.3, -0.25) is 4.90 Å². The molecule has 3 heteroatoms. The zero-order valence-corrected chi connectivity index (χ0v) is 10.7. The van der Waals surface area contributed by atoms with E-state index in [1.54, 1.807) is 0 Å². The van der Waals surface area contributed by atoms with Crippen LogP contribution in [0.5, 0.6) is 0 Å². The van der Waals surface area contributed by atoms with Gasteiger partial charge in [0.15, 0.2) is 0 Å². The molecule has 90 valence electrons. The average Bonchev–Trinajstić information content (AvgIpc) is 2.15. The molecule has 0 spiro atoms. The molecule has 1 aliphatic rings. The minimum Gasteiger partial charge on any atom is -0.374 e. The topological polar surface area (TPSA) is 24.5 Å². The highest BCUT2D eigenvalue weighted by atomic mass is 16.5. The van der Waals surface area contributed by atoms with E-state index >= 15 is 0 Å². The molecule has 0 aromatic rings. The minimum absolute atomic E-state index is 0.191. The molecule has 1 saturated heterocycles. The molecule has 0 aromatic carbocycles. The Morgan fingerprint density at radius 2 is 2.13 bits per heavy atom. The van der Waals surface area contributed by atoms with E-state index in [1.807, 2.05) is 0 Å². The van der Waals surface area contributed by atoms with Gasteiger partial charge in [0, 0.05) is 25.2 Å². The highest BCUT2D eigenvalue weighted by molar-refractivity contribution is 4.77. The van der Waals surface area contributed by atoms with Crippen molar-refractivity contribution in [3.8, 4) is 0 Å². The summed E-state index contributed by atoms with van der Waals surface area (Å²) in [5.74, 6) is 0. The van der Waals surface area contributed by atoms with Crippen molar-refractivity contribution in [3.05, 3.63) is 0 Å². The standard InChI is InChI=1S/C12H26N2O/c1-5-6-14-7-8-15-11(10-14)9-13-12(2,3)4/h11,13H,5-10H2,1-4H3. The number of hydrogen-bond donors (Lipinski definition) is 1. The molecule has 0 radical (unpaired) electrons. The lowest BCUT2D eigenvalue weighted by Gasteiger charge is -2.34. The van der Waals surface area contributed by atoms with Crippen molar-refractivity contribution >= 4 is 0 Å². The molecule has 0 saturated carbocycles. The van der Waals surface area contributed by atoms with Crippen molar-refractivity contribution in [1.82, 2.24) is 10.2 Å². The maximum absolute atomic E-state index is 5.75. The second kappa shape index (κ2) is 5.83. The maximum atomic E-state index is 5.75. The van der Waals surface area contributed by atoms with Crippen molar-refractivity contribution in [2.75, 3.05) is 32.8 Å². The summed E-state index contributed by atoms with van der Waals surface area (Å²) in [6, 6.07) is 0. The predicted octanol–water partition coefficient (Wildman–Crippen LogP) is 1.49. The van der Waals surface area contributed by atoms with E-state index in [0.717, 1.165) is 26.2 Å². The Morgan fingerprint density at radius 1 is 1.40 bits per heavy atom. The van der Waals surface area contributed by atoms with E-state index in [4.69, 9.17) is 4.74 Å². The van der Waals surface area contributed by atoms with Crippen molar-refractivity contribution in [3.63, 3.8) is 0 Å². The van der Waals surface area contributed by atoms with Crippen LogP contribution in [0.25, 0.3) is 0 Å². The molecule has 0 amide bonds. The van der Waals surface area contributed by atoms with Crippen LogP contribution >= 0.6 is 0 Å². The Labute approximate surface area is 94.2 Å². The fourth-order valence-electron chi connectivity index (χ4n) is 1.84. The Kier molecular flexibility index (Phi) is 5.03. The van der Waals surface area contributed by atoms with Gasteiger partial charge < -0.3 is 10.1 Å². The summed E-state index contributed by atoms with van der Waals surface area (Å²) in [5.41, 5.74) is 0.191. The molecule has 1 N–H and O–H groups in total. The van der Waals surface area contributed by atoms with E-state index < -0.39 is 0 Å². The van der Waals surface area contributed by atoms with Crippen LogP contribution in [0.15, 0.2) is 0 Å². The zero-order valence-electron chi connectivity index (χ0n) is 10.7. The van der Waals surface area contributed by atoms with Crippen LogP contribution in [0.2, 0.25) is 0 Å². The van der Waals surface area contributed by atoms with Crippen molar-refractivity contribution in [2.24, 2.45) is 0 Å². The lowest BCUT2D eigenvalue weighted by atomic mass is 10.1. The van der Waals surface area contributed by atoms with Crippen LogP contribution in [0.4, 0.5) is 0 Å². The van der Waals surface area contributed by atoms with Gasteiger partial charge in [-0.15, -0.1) is 0 Å². The monoisotopic (exact) mass is 214 g/mol. The molecule has 1 aliphatic heterocycles. The number of hydrogen-bond acceptors (Lipinski definition) is 3. The maximum Gasteiger partial charge on any atom is 0.0826 e. The summed E-state index contributed by atoms with van der Waals surface area (Å²) in [6.07, 6.45) is 1.60. The van der Waals surface area contributed by atoms with Crippen molar-refractivity contribution in [1.29, 1.82) is 0 Å². The number of rotatable bonds is 4. The number of ether oxygens (including phenoxy) is 1. The molecule has 15 heavy (non-hydrogen) atoms. The summed E-state index contributed by atoms with van der Waals surface area (Å²) in [4.78, 5) is 2.50. The molecule has 1 heterocycles. The number of morpholine rings is 1. The van der Waals surface area contributed by atoms with Gasteiger partial charge in [0.1, 0.15) is 0 Å². The Morgan fingerprint density at radius 3 is 2.73 bits per heavy atom. The van der Waals surface area contributed by atoms with Crippen LogP contribution < -0.4 is 5.32 Å². The zero-order chi connectivity index (χ0) is 11.3. The smallest absolute Gasteiger partial charge is 0.0826 e. The fraction of sp³-hybridized carbons (Fsp3) is 1.00. The predicted molar refractivity (Wildman–Crippen MR) is 64.2 cm³/mol. The first-order valence-electron chi connectivity index (χ1n) is 6.10. The minimum atomic E-state index is 0.191. The van der Waals surface area contributed by atoms with E-state index in [0.29, 0.717) is 6.10 Å². The number of nitrogens with zero attached hydrogens (tertiary/aromatic N) is 1. The SMILES string of the molecule is CCCN1CCOC(CNC(C)(C)C)C1. The second-order valence-electron chi connectivity index (χ2n) is 5.42. The average molecular weight is 214 g/mol. The van der Waals surface area contributed by atoms with Crippen molar-refractivity contribution < 1.29 is 4.74 Å². The summed E-state index contributed by atoms with van der Waals surface area (Å²) < 4.78 is 5.75. The Bertz CT molecular complexity index is 175. The first kappa shape index (κ1) is 12.9. The molecule has 1 unspecified atom stereocenters. The largest absolute Gasteiger partial charge is 0.374 e. The van der Waals surface area contributed by atoms with Gasteiger partial charge in [0.2, 0.25) is 0 Å². The molecule has 1 fully saturated rings. The Hall–Kier alpha value is -0.120. The van der Waals surface area contributed by atoms with Gasteiger partial charge >= 0.3 is 0 Å². The van der Waals surface area contributed by atoms with Crippen molar-refractivity contribution in [2.45, 2.75) is 45.8 Å². The third-order valence-electron chi connectivity index (χ3n) is 2.62. The molecule has 1 rings (SSSR count). The second-order valence-corrected chi connectivity index (χ2v) is 5.42. The molecule has 3 nitrogen and oxygen atoms in total. The van der Waals surface area contributed by atoms with Crippen LogP contribution in [-0.2, 0) is 4.74 Å². The lowest BCUT2D eigenvalue weighted by Crippen LogP contribution is -2.49. The Balaban J connectivity index is 2.24. The van der Waals surface area contributed by atoms with Crippen LogP contribution in [0.3, 0.4) is 0 Å². The number of nitrogens with one attached hydrogen (secondary N) is 1. The van der Waals surface area contributed by atoms with Gasteiger partial charge in [-0.25, -0.2) is 0 Å². The van der Waals surface area contributed by atoms with E-state index in [-0.39, 0.29) is 5.54 Å². The molecule has 0 bridgehead atoms. The highest BCUT2D eigenvalue weighted by Crippen LogP contribution is 2.07. The fourth-order valence-corrected chi connectivity index (χ4v) is 1.84. The highest BCUT2D eigenvalue weighted by Gasteiger charge is 2.21. The summed E-state index contributed by atoms with van der Waals surface area (Å²) in [7, 11) is 0. The van der Waals surface area contributed by atoms with Gasteiger partial charge in [-0.2, -0.15) is 0 Å². The quantitative estimate of drug-likeness (QED) is 0.767. The van der Waals surface area contributed by atoms with E-state index in [1.165, 1.54) is 13.0 Å². The van der Waals surface area contributed by atoms with Gasteiger partial charge in [-0.1, -0.05) is 6.92 Å². The third kappa shape index (κ3) is 5.50. The van der Waals surface area contributed by atoms with Crippen LogP contribution in [0, 0.1) is 0 Å². The molecule has 0 aromatic heterocycles. The normalized spacial score (nSPS) is 24.4. The molecule has 1 atom stereocenters. The van der Waals surface area contributed by atoms with Crippen LogP contribution in [-0.4, -0.2) is 49.3 Å². The van der Waals surface area contributed by atoms with Gasteiger partial charge in [-0.05, 0) is 33.7 Å². The van der Waals surface area contributed by atoms with E-state index in [2.05, 4.69) is 37.9 Å². The third-order valence-corrected chi connectivity index (χ3v) is 2.62. The molecular weight excluding hydrogens is 188 g/mol. The van der Waals surface area contributed by atoms with E-state index in [9.17, 15) is 0 Å². The van der Waals surface area contributed by atoms with Gasteiger partial charge in [0.25, 0.3) is 0 Å². The summed E-state index contributed by atoms with van der Waals surface area (Å²) in [6.45, 7) is 14.0. The lowest BCUT2D eigenvalue weighted by molar-refractivity contribution is -0.0292. The molecule has 0 aliphatic carbocycles.